The molecule has 0 N–H and O–H groups in total. The second kappa shape index (κ2) is 7.37. The van der Waals surface area contributed by atoms with Crippen molar-refractivity contribution in [2.45, 2.75) is 59.0 Å². The van der Waals surface area contributed by atoms with E-state index < -0.39 is 11.4 Å². The Balaban J connectivity index is 2.13. The predicted octanol–water partition coefficient (Wildman–Crippen LogP) is 2.46. The number of esters is 1. The number of ether oxygens (including phenoxy) is 2. The fraction of sp³-hybridized carbons (Fsp3) is 0.650. The highest BCUT2D eigenvalue weighted by Crippen LogP contribution is 2.40. The van der Waals surface area contributed by atoms with Crippen molar-refractivity contribution in [2.24, 2.45) is 5.92 Å². The van der Waals surface area contributed by atoms with Crippen LogP contribution in [0.3, 0.4) is 0 Å². The Bertz CT molecular complexity index is 815. The van der Waals surface area contributed by atoms with Crippen LogP contribution in [0.4, 0.5) is 0 Å². The van der Waals surface area contributed by atoms with E-state index in [-0.39, 0.29) is 35.1 Å². The number of hydrogen-bond donors (Lipinski definition) is 0. The minimum absolute atomic E-state index is 0.0272. The normalized spacial score (nSPS) is 23.8. The van der Waals surface area contributed by atoms with Gasteiger partial charge in [0.05, 0.1) is 18.8 Å². The van der Waals surface area contributed by atoms with Gasteiger partial charge in [-0.2, -0.15) is 0 Å². The molecule has 1 saturated heterocycles. The fourth-order valence-corrected chi connectivity index (χ4v) is 4.22. The highest BCUT2D eigenvalue weighted by atomic mass is 16.5. The molecule has 7 heteroatoms. The van der Waals surface area contributed by atoms with Crippen LogP contribution in [-0.2, 0) is 11.3 Å². The third-order valence-corrected chi connectivity index (χ3v) is 5.37. The summed E-state index contributed by atoms with van der Waals surface area (Å²) in [5.41, 5.74) is -0.732. The van der Waals surface area contributed by atoms with E-state index in [1.165, 1.54) is 6.20 Å². The van der Waals surface area contributed by atoms with Gasteiger partial charge in [0.25, 0.3) is 5.91 Å². The Morgan fingerprint density at radius 2 is 2.07 bits per heavy atom. The summed E-state index contributed by atoms with van der Waals surface area (Å²) in [6.45, 7) is 9.57. The molecule has 0 saturated carbocycles. The van der Waals surface area contributed by atoms with E-state index in [9.17, 15) is 14.4 Å². The zero-order chi connectivity index (χ0) is 19.8. The number of unbranched alkanes of at least 4 members (excludes halogenated alkanes) is 1. The maximum absolute atomic E-state index is 13.2. The first-order valence-corrected chi connectivity index (χ1v) is 9.71. The van der Waals surface area contributed by atoms with Crippen LogP contribution in [-0.4, -0.2) is 46.6 Å². The SMILES string of the molecule is CCCCOc1c2n(cc(C(=O)OCC)c1=O)C[C@]1(C)C[C@@H](C)CN1C2=O. The maximum atomic E-state index is 13.2. The van der Waals surface area contributed by atoms with Gasteiger partial charge < -0.3 is 18.9 Å². The van der Waals surface area contributed by atoms with Crippen LogP contribution in [0.15, 0.2) is 11.0 Å². The Kier molecular flexibility index (Phi) is 5.31. The maximum Gasteiger partial charge on any atom is 0.343 e. The summed E-state index contributed by atoms with van der Waals surface area (Å²) in [5, 5.41) is 0. The molecule has 148 valence electrons. The van der Waals surface area contributed by atoms with Gasteiger partial charge in [-0.3, -0.25) is 9.59 Å². The topological polar surface area (TPSA) is 77.8 Å². The van der Waals surface area contributed by atoms with Crippen LogP contribution < -0.4 is 10.2 Å². The van der Waals surface area contributed by atoms with Gasteiger partial charge in [-0.05, 0) is 32.6 Å². The Hall–Kier alpha value is -2.31. The van der Waals surface area contributed by atoms with E-state index in [2.05, 4.69) is 13.8 Å². The lowest BCUT2D eigenvalue weighted by molar-refractivity contribution is 0.0474. The second-order valence-corrected chi connectivity index (χ2v) is 7.82. The lowest BCUT2D eigenvalue weighted by Crippen LogP contribution is -2.53. The molecule has 0 radical (unpaired) electrons. The summed E-state index contributed by atoms with van der Waals surface area (Å²) >= 11 is 0. The van der Waals surface area contributed by atoms with Crippen LogP contribution >= 0.6 is 0 Å². The van der Waals surface area contributed by atoms with Gasteiger partial charge in [-0.25, -0.2) is 4.79 Å². The van der Waals surface area contributed by atoms with Crippen LogP contribution in [0.25, 0.3) is 0 Å². The van der Waals surface area contributed by atoms with Crippen molar-refractivity contribution in [3.8, 4) is 5.75 Å². The summed E-state index contributed by atoms with van der Waals surface area (Å²) < 4.78 is 12.5. The molecular formula is C20H28N2O5. The lowest BCUT2D eigenvalue weighted by Gasteiger charge is -2.41. The lowest BCUT2D eigenvalue weighted by atomic mass is 9.92. The Morgan fingerprint density at radius 3 is 2.74 bits per heavy atom. The largest absolute Gasteiger partial charge is 0.487 e. The molecule has 2 aliphatic rings. The summed E-state index contributed by atoms with van der Waals surface area (Å²) in [6, 6.07) is 0. The van der Waals surface area contributed by atoms with Gasteiger partial charge in [-0.1, -0.05) is 20.3 Å². The number of fused-ring (bicyclic) bond motifs is 2. The number of amides is 1. The van der Waals surface area contributed by atoms with E-state index in [1.807, 2.05) is 11.8 Å². The van der Waals surface area contributed by atoms with E-state index in [0.717, 1.165) is 19.3 Å². The quantitative estimate of drug-likeness (QED) is 0.563. The van der Waals surface area contributed by atoms with Crippen molar-refractivity contribution in [2.75, 3.05) is 19.8 Å². The first-order chi connectivity index (χ1) is 12.8. The monoisotopic (exact) mass is 376 g/mol. The summed E-state index contributed by atoms with van der Waals surface area (Å²) in [6.07, 6.45) is 4.00. The van der Waals surface area contributed by atoms with Crippen LogP contribution in [0, 0.1) is 5.92 Å². The molecule has 1 fully saturated rings. The summed E-state index contributed by atoms with van der Waals surface area (Å²) in [7, 11) is 0. The average Bonchev–Trinajstić information content (AvgIpc) is 2.91. The van der Waals surface area contributed by atoms with Gasteiger partial charge in [-0.15, -0.1) is 0 Å². The smallest absolute Gasteiger partial charge is 0.343 e. The third kappa shape index (κ3) is 3.35. The molecule has 1 aromatic heterocycles. The Morgan fingerprint density at radius 1 is 1.33 bits per heavy atom. The van der Waals surface area contributed by atoms with Crippen molar-refractivity contribution in [3.63, 3.8) is 0 Å². The molecule has 0 unspecified atom stereocenters. The second-order valence-electron chi connectivity index (χ2n) is 7.82. The van der Waals surface area contributed by atoms with Crippen molar-refractivity contribution in [1.82, 2.24) is 9.47 Å². The van der Waals surface area contributed by atoms with Crippen molar-refractivity contribution in [3.05, 3.63) is 27.7 Å². The highest BCUT2D eigenvalue weighted by molar-refractivity contribution is 5.98. The molecule has 0 aliphatic carbocycles. The van der Waals surface area contributed by atoms with Crippen LogP contribution in [0.5, 0.6) is 5.75 Å². The molecule has 2 aliphatic heterocycles. The zero-order valence-electron chi connectivity index (χ0n) is 16.5. The number of rotatable bonds is 6. The van der Waals surface area contributed by atoms with Crippen LogP contribution in [0.1, 0.15) is 67.8 Å². The van der Waals surface area contributed by atoms with E-state index in [1.54, 1.807) is 11.5 Å². The minimum atomic E-state index is -0.682. The number of carbonyl (C=O) groups is 2. The third-order valence-electron chi connectivity index (χ3n) is 5.37. The van der Waals surface area contributed by atoms with E-state index in [0.29, 0.717) is 25.6 Å². The molecule has 3 rings (SSSR count). The molecule has 7 nitrogen and oxygen atoms in total. The Labute approximate surface area is 159 Å². The van der Waals surface area contributed by atoms with Gasteiger partial charge >= 0.3 is 5.97 Å². The number of pyridine rings is 1. The van der Waals surface area contributed by atoms with Crippen LogP contribution in [0.2, 0.25) is 0 Å². The standard InChI is InChI=1S/C20H28N2O5/c1-5-7-8-27-17-15-18(24)22-10-13(3)9-20(22,4)12-21(15)11-14(16(17)23)19(25)26-6-2/h11,13H,5-10,12H2,1-4H3/t13-,20+/m1/s1. The molecule has 0 bridgehead atoms. The molecule has 1 aromatic rings. The first-order valence-electron chi connectivity index (χ1n) is 9.71. The van der Waals surface area contributed by atoms with Crippen molar-refractivity contribution in [1.29, 1.82) is 0 Å². The number of nitrogens with zero attached hydrogens (tertiary/aromatic N) is 2. The molecule has 27 heavy (non-hydrogen) atoms. The first kappa shape index (κ1) is 19.5. The minimum Gasteiger partial charge on any atom is -0.487 e. The summed E-state index contributed by atoms with van der Waals surface area (Å²) in [5.74, 6) is -0.528. The summed E-state index contributed by atoms with van der Waals surface area (Å²) in [4.78, 5) is 40.3. The fourth-order valence-electron chi connectivity index (χ4n) is 4.22. The van der Waals surface area contributed by atoms with Gasteiger partial charge in [0.1, 0.15) is 5.56 Å². The molecule has 2 atom stereocenters. The van der Waals surface area contributed by atoms with Gasteiger partial charge in [0.2, 0.25) is 5.43 Å². The van der Waals surface area contributed by atoms with Gasteiger partial charge in [0.15, 0.2) is 11.4 Å². The van der Waals surface area contributed by atoms with Gasteiger partial charge in [0, 0.05) is 19.3 Å². The molecule has 0 aromatic carbocycles. The number of carbonyl (C=O) groups excluding carboxylic acids is 2. The molecular weight excluding hydrogens is 348 g/mol. The molecule has 0 spiro atoms. The van der Waals surface area contributed by atoms with Crippen molar-refractivity contribution < 1.29 is 19.1 Å². The average molecular weight is 376 g/mol. The molecule has 3 heterocycles. The highest BCUT2D eigenvalue weighted by Gasteiger charge is 2.48. The van der Waals surface area contributed by atoms with E-state index in [4.69, 9.17) is 9.47 Å². The number of hydrogen-bond acceptors (Lipinski definition) is 5. The molecule has 1 amide bonds. The van der Waals surface area contributed by atoms with E-state index >= 15 is 0 Å². The zero-order valence-corrected chi connectivity index (χ0v) is 16.5. The number of aromatic nitrogens is 1. The van der Waals surface area contributed by atoms with Crippen molar-refractivity contribution >= 4 is 11.9 Å². The predicted molar refractivity (Wildman–Crippen MR) is 100 cm³/mol.